The molecule has 0 spiro atoms. The molecule has 0 radical (unpaired) electrons. The van der Waals surface area contributed by atoms with Crippen molar-refractivity contribution in [1.29, 1.82) is 0 Å². The summed E-state index contributed by atoms with van der Waals surface area (Å²) in [6.45, 7) is 2.13. The monoisotopic (exact) mass is 399 g/mol. The van der Waals surface area contributed by atoms with E-state index < -0.39 is 0 Å². The SMILES string of the molecule is c1cc(-c2ccsc2)c2cc(-c3n[nH]c4ccc(C5CCNCC5)nc34)[nH]c2c1. The van der Waals surface area contributed by atoms with Crippen molar-refractivity contribution in [2.24, 2.45) is 0 Å². The van der Waals surface area contributed by atoms with Gasteiger partial charge in [0.1, 0.15) is 11.2 Å². The van der Waals surface area contributed by atoms with Gasteiger partial charge in [-0.3, -0.25) is 5.10 Å². The molecule has 6 rings (SSSR count). The van der Waals surface area contributed by atoms with Crippen molar-refractivity contribution in [2.75, 3.05) is 13.1 Å². The Balaban J connectivity index is 1.48. The Bertz CT molecular complexity index is 1290. The molecule has 29 heavy (non-hydrogen) atoms. The number of thiophene rings is 1. The molecular weight excluding hydrogens is 378 g/mol. The van der Waals surface area contributed by atoms with E-state index in [1.165, 1.54) is 22.2 Å². The van der Waals surface area contributed by atoms with E-state index in [4.69, 9.17) is 4.98 Å². The van der Waals surface area contributed by atoms with E-state index in [1.54, 1.807) is 11.3 Å². The lowest BCUT2D eigenvalue weighted by Crippen LogP contribution is -2.27. The highest BCUT2D eigenvalue weighted by Crippen LogP contribution is 2.35. The molecule has 1 aliphatic rings. The number of nitrogens with one attached hydrogen (secondary N) is 3. The van der Waals surface area contributed by atoms with Gasteiger partial charge in [0.15, 0.2) is 0 Å². The molecular formula is C23H21N5S. The van der Waals surface area contributed by atoms with Gasteiger partial charge < -0.3 is 10.3 Å². The number of pyridine rings is 1. The van der Waals surface area contributed by atoms with Crippen molar-refractivity contribution in [2.45, 2.75) is 18.8 Å². The first-order valence-corrected chi connectivity index (χ1v) is 11.0. The molecule has 0 atom stereocenters. The van der Waals surface area contributed by atoms with Crippen molar-refractivity contribution >= 4 is 33.3 Å². The van der Waals surface area contributed by atoms with Crippen molar-refractivity contribution in [3.8, 4) is 22.5 Å². The quantitative estimate of drug-likeness (QED) is 0.385. The molecule has 0 saturated carbocycles. The topological polar surface area (TPSA) is 69.4 Å². The van der Waals surface area contributed by atoms with E-state index in [0.29, 0.717) is 5.92 Å². The summed E-state index contributed by atoms with van der Waals surface area (Å²) in [5, 5.41) is 16.7. The van der Waals surface area contributed by atoms with E-state index in [-0.39, 0.29) is 0 Å². The largest absolute Gasteiger partial charge is 0.353 e. The third kappa shape index (κ3) is 2.87. The molecule has 0 amide bonds. The number of fused-ring (bicyclic) bond motifs is 2. The Morgan fingerprint density at radius 2 is 1.93 bits per heavy atom. The van der Waals surface area contributed by atoms with Gasteiger partial charge in [0, 0.05) is 22.5 Å². The number of benzene rings is 1. The maximum Gasteiger partial charge on any atom is 0.135 e. The minimum Gasteiger partial charge on any atom is -0.353 e. The third-order valence-corrected chi connectivity index (χ3v) is 6.62. The fraction of sp³-hybridized carbons (Fsp3) is 0.217. The highest BCUT2D eigenvalue weighted by Gasteiger charge is 2.19. The molecule has 0 aliphatic carbocycles. The Kier molecular flexibility index (Phi) is 3.99. The summed E-state index contributed by atoms with van der Waals surface area (Å²) in [6.07, 6.45) is 2.28. The molecule has 0 unspecified atom stereocenters. The molecule has 144 valence electrons. The van der Waals surface area contributed by atoms with Crippen LogP contribution in [0, 0.1) is 0 Å². The maximum atomic E-state index is 5.04. The highest BCUT2D eigenvalue weighted by molar-refractivity contribution is 7.08. The summed E-state index contributed by atoms with van der Waals surface area (Å²) in [4.78, 5) is 8.60. The van der Waals surface area contributed by atoms with Crippen molar-refractivity contribution in [3.63, 3.8) is 0 Å². The van der Waals surface area contributed by atoms with E-state index in [0.717, 1.165) is 53.9 Å². The van der Waals surface area contributed by atoms with Crippen molar-refractivity contribution in [1.82, 2.24) is 25.5 Å². The van der Waals surface area contributed by atoms with Crippen LogP contribution in [0.5, 0.6) is 0 Å². The van der Waals surface area contributed by atoms with Crippen LogP contribution in [0.25, 0.3) is 44.5 Å². The normalized spacial score (nSPS) is 15.4. The van der Waals surface area contributed by atoms with Crippen LogP contribution >= 0.6 is 11.3 Å². The second-order valence-electron chi connectivity index (χ2n) is 7.69. The third-order valence-electron chi connectivity index (χ3n) is 5.94. The number of aromatic amines is 2. The fourth-order valence-electron chi connectivity index (χ4n) is 4.40. The minimum absolute atomic E-state index is 0.524. The molecule has 1 fully saturated rings. The molecule has 5 nitrogen and oxygen atoms in total. The van der Waals surface area contributed by atoms with Gasteiger partial charge in [0.25, 0.3) is 0 Å². The van der Waals surface area contributed by atoms with E-state index in [1.807, 2.05) is 0 Å². The summed E-state index contributed by atoms with van der Waals surface area (Å²) >= 11 is 1.72. The minimum atomic E-state index is 0.524. The number of aromatic nitrogens is 4. The maximum absolute atomic E-state index is 5.04. The second-order valence-corrected chi connectivity index (χ2v) is 8.47. The van der Waals surface area contributed by atoms with Crippen LogP contribution < -0.4 is 5.32 Å². The van der Waals surface area contributed by atoms with Crippen LogP contribution in [0.3, 0.4) is 0 Å². The number of hydrogen-bond donors (Lipinski definition) is 3. The number of piperidine rings is 1. The average molecular weight is 400 g/mol. The van der Waals surface area contributed by atoms with Gasteiger partial charge in [-0.15, -0.1) is 0 Å². The van der Waals surface area contributed by atoms with Gasteiger partial charge in [-0.2, -0.15) is 16.4 Å². The predicted octanol–water partition coefficient (Wildman–Crippen LogP) is 5.30. The molecule has 3 N–H and O–H groups in total. The average Bonchev–Trinajstić information content (AvgIpc) is 3.52. The molecule has 1 aliphatic heterocycles. The summed E-state index contributed by atoms with van der Waals surface area (Å²) in [5.41, 5.74) is 8.62. The lowest BCUT2D eigenvalue weighted by atomic mass is 9.94. The number of nitrogens with zero attached hydrogens (tertiary/aromatic N) is 2. The molecule has 1 saturated heterocycles. The van der Waals surface area contributed by atoms with E-state index in [2.05, 4.69) is 73.7 Å². The van der Waals surface area contributed by atoms with Crippen molar-refractivity contribution in [3.05, 3.63) is 58.9 Å². The second kappa shape index (κ2) is 6.83. The number of rotatable bonds is 3. The molecule has 4 aromatic heterocycles. The zero-order chi connectivity index (χ0) is 19.2. The first kappa shape index (κ1) is 16.9. The fourth-order valence-corrected chi connectivity index (χ4v) is 5.06. The molecule has 5 aromatic rings. The van der Waals surface area contributed by atoms with Gasteiger partial charge in [-0.1, -0.05) is 12.1 Å². The Labute approximate surface area is 172 Å². The lowest BCUT2D eigenvalue weighted by Gasteiger charge is -2.22. The van der Waals surface area contributed by atoms with Crippen LogP contribution in [0.15, 0.2) is 53.2 Å². The molecule has 6 heteroatoms. The smallest absolute Gasteiger partial charge is 0.135 e. The lowest BCUT2D eigenvalue weighted by molar-refractivity contribution is 0.454. The van der Waals surface area contributed by atoms with Gasteiger partial charge in [-0.05, 0) is 78.2 Å². The number of hydrogen-bond acceptors (Lipinski definition) is 4. The summed E-state index contributed by atoms with van der Waals surface area (Å²) < 4.78 is 0. The standard InChI is InChI=1S/C23H21N5S/c1-2-16(15-8-11-29-13-15)17-12-21(25-19(17)3-1)23-22-20(27-28-23)5-4-18(26-22)14-6-9-24-10-7-14/h1-5,8,11-14,24-25H,6-7,9-10H2,(H,27,28). The first-order valence-electron chi connectivity index (χ1n) is 10.1. The number of H-pyrrole nitrogens is 2. The zero-order valence-corrected chi connectivity index (χ0v) is 16.7. The summed E-state index contributed by atoms with van der Waals surface area (Å²) in [5.74, 6) is 0.524. The van der Waals surface area contributed by atoms with Gasteiger partial charge in [-0.25, -0.2) is 4.98 Å². The molecule has 0 bridgehead atoms. The van der Waals surface area contributed by atoms with Crippen LogP contribution in [0.2, 0.25) is 0 Å². The Morgan fingerprint density at radius 3 is 2.79 bits per heavy atom. The molecule has 5 heterocycles. The predicted molar refractivity (Wildman–Crippen MR) is 119 cm³/mol. The van der Waals surface area contributed by atoms with Gasteiger partial charge in [0.05, 0.1) is 11.2 Å². The zero-order valence-electron chi connectivity index (χ0n) is 15.9. The van der Waals surface area contributed by atoms with E-state index in [9.17, 15) is 0 Å². The van der Waals surface area contributed by atoms with Crippen LogP contribution in [0.1, 0.15) is 24.5 Å². The van der Waals surface area contributed by atoms with E-state index >= 15 is 0 Å². The summed E-state index contributed by atoms with van der Waals surface area (Å²) in [7, 11) is 0. The van der Waals surface area contributed by atoms with Gasteiger partial charge in [0.2, 0.25) is 0 Å². The van der Waals surface area contributed by atoms with Crippen LogP contribution in [0.4, 0.5) is 0 Å². The Morgan fingerprint density at radius 1 is 1.00 bits per heavy atom. The highest BCUT2D eigenvalue weighted by atomic mass is 32.1. The summed E-state index contributed by atoms with van der Waals surface area (Å²) in [6, 6.07) is 15.1. The Hall–Kier alpha value is -2.96. The van der Waals surface area contributed by atoms with Crippen LogP contribution in [-0.2, 0) is 0 Å². The van der Waals surface area contributed by atoms with Crippen molar-refractivity contribution < 1.29 is 0 Å². The first-order chi connectivity index (χ1) is 14.4. The van der Waals surface area contributed by atoms with Gasteiger partial charge >= 0.3 is 0 Å². The molecule has 1 aromatic carbocycles. The van der Waals surface area contributed by atoms with Crippen LogP contribution in [-0.4, -0.2) is 33.3 Å².